The van der Waals surface area contributed by atoms with Gasteiger partial charge in [0.2, 0.25) is 0 Å². The molecule has 3 aromatic rings. The van der Waals surface area contributed by atoms with Crippen molar-refractivity contribution in [1.82, 2.24) is 10.3 Å². The number of morpholine rings is 1. The summed E-state index contributed by atoms with van der Waals surface area (Å²) < 4.78 is 22.1. The molecule has 0 aromatic heterocycles. The average molecular weight is 620 g/mol. The van der Waals surface area contributed by atoms with Crippen LogP contribution in [0.3, 0.4) is 0 Å². The largest absolute Gasteiger partial charge is 0.494 e. The van der Waals surface area contributed by atoms with E-state index in [0.717, 1.165) is 30.6 Å². The Bertz CT molecular complexity index is 1580. The van der Waals surface area contributed by atoms with Crippen molar-refractivity contribution in [3.8, 4) is 11.5 Å². The fourth-order valence-corrected chi connectivity index (χ4v) is 4.95. The van der Waals surface area contributed by atoms with E-state index in [-0.39, 0.29) is 34.7 Å². The van der Waals surface area contributed by atoms with E-state index in [1.54, 1.807) is 31.2 Å². The Morgan fingerprint density at radius 1 is 1.02 bits per heavy atom. The van der Waals surface area contributed by atoms with Gasteiger partial charge < -0.3 is 30.0 Å². The Hall–Kier alpha value is -4.68. The Labute approximate surface area is 262 Å². The van der Waals surface area contributed by atoms with Crippen LogP contribution in [0.2, 0.25) is 0 Å². The van der Waals surface area contributed by atoms with Gasteiger partial charge in [-0.25, -0.2) is 10.2 Å². The first-order chi connectivity index (χ1) is 21.5. The maximum Gasteiger partial charge on any atom is 0.427 e. The molecular formula is C33H41N5O7. The third kappa shape index (κ3) is 8.28. The quantitative estimate of drug-likeness (QED) is 0.215. The molecule has 0 saturated carbocycles. The number of methoxy groups -OCH3 is 1. The molecule has 1 fully saturated rings. The number of nitrogens with one attached hydrogen (secondary N) is 2. The highest BCUT2D eigenvalue weighted by Crippen LogP contribution is 2.36. The van der Waals surface area contributed by atoms with Crippen molar-refractivity contribution >= 4 is 40.1 Å². The number of ether oxygens (including phenoxy) is 4. The number of primary amides is 1. The van der Waals surface area contributed by atoms with E-state index in [2.05, 4.69) is 20.7 Å². The number of hydrazone groups is 1. The lowest BCUT2D eigenvalue weighted by molar-refractivity contribution is -0.110. The van der Waals surface area contributed by atoms with Gasteiger partial charge in [-0.15, -0.1) is 0 Å². The van der Waals surface area contributed by atoms with Crippen LogP contribution in [-0.4, -0.2) is 81.7 Å². The SMILES string of the molecule is CCOC(=O)N/N=C(\C(=O)Nc1cc(C(C)(C)C)cc(C(N)=O)c1OC)c1ccc(OCCN2CCOCC2)c2ccccc12. The standard InChI is InChI=1S/C33H41N5O7/c1-6-44-32(41)37-36-28(31(40)35-26-20-21(33(2,3)4)19-25(30(34)39)29(26)42-5)24-11-12-27(23-10-8-7-9-22(23)24)45-18-15-38-13-16-43-17-14-38/h7-12,19-20H,6,13-18H2,1-5H3,(H2,34,39)(H,35,40)(H,37,41)/b36-28-. The molecule has 4 N–H and O–H groups in total. The van der Waals surface area contributed by atoms with E-state index in [4.69, 9.17) is 24.7 Å². The van der Waals surface area contributed by atoms with Gasteiger partial charge in [-0.3, -0.25) is 14.5 Å². The number of rotatable bonds is 11. The average Bonchev–Trinajstić information content (AvgIpc) is 3.01. The second-order valence-electron chi connectivity index (χ2n) is 11.4. The number of nitrogens with zero attached hydrogens (tertiary/aromatic N) is 2. The molecule has 240 valence electrons. The molecule has 45 heavy (non-hydrogen) atoms. The second kappa shape index (κ2) is 14.9. The van der Waals surface area contributed by atoms with Gasteiger partial charge in [-0.2, -0.15) is 5.10 Å². The molecule has 0 radical (unpaired) electrons. The molecule has 0 aliphatic carbocycles. The monoisotopic (exact) mass is 619 g/mol. The highest BCUT2D eigenvalue weighted by molar-refractivity contribution is 6.50. The molecule has 0 unspecified atom stereocenters. The zero-order valence-corrected chi connectivity index (χ0v) is 26.4. The van der Waals surface area contributed by atoms with Crippen molar-refractivity contribution in [2.45, 2.75) is 33.1 Å². The summed E-state index contributed by atoms with van der Waals surface area (Å²) in [7, 11) is 1.39. The van der Waals surface area contributed by atoms with Crippen LogP contribution < -0.4 is 25.9 Å². The number of hydrogen-bond acceptors (Lipinski definition) is 9. The molecule has 0 atom stereocenters. The van der Waals surface area contributed by atoms with Crippen molar-refractivity contribution < 1.29 is 33.3 Å². The molecule has 0 spiro atoms. The van der Waals surface area contributed by atoms with Gasteiger partial charge in [-0.1, -0.05) is 45.0 Å². The van der Waals surface area contributed by atoms with Crippen LogP contribution in [0.25, 0.3) is 10.8 Å². The van der Waals surface area contributed by atoms with Crippen LogP contribution in [0.5, 0.6) is 11.5 Å². The molecule has 4 rings (SSSR count). The van der Waals surface area contributed by atoms with E-state index in [1.165, 1.54) is 7.11 Å². The number of carbonyl (C=O) groups excluding carboxylic acids is 3. The molecule has 0 bridgehead atoms. The van der Waals surface area contributed by atoms with Gasteiger partial charge in [-0.05, 0) is 47.6 Å². The van der Waals surface area contributed by atoms with Crippen molar-refractivity contribution in [1.29, 1.82) is 0 Å². The highest BCUT2D eigenvalue weighted by atomic mass is 16.5. The van der Waals surface area contributed by atoms with E-state index in [0.29, 0.717) is 36.5 Å². The van der Waals surface area contributed by atoms with Gasteiger partial charge in [0.25, 0.3) is 11.8 Å². The Kier molecular flexibility index (Phi) is 11.0. The van der Waals surface area contributed by atoms with Crippen LogP contribution in [-0.2, 0) is 19.7 Å². The maximum absolute atomic E-state index is 14.0. The zero-order chi connectivity index (χ0) is 32.6. The molecule has 12 heteroatoms. The van der Waals surface area contributed by atoms with E-state index >= 15 is 0 Å². The number of anilines is 1. The summed E-state index contributed by atoms with van der Waals surface area (Å²) in [6.07, 6.45) is -0.821. The first-order valence-electron chi connectivity index (χ1n) is 14.8. The first-order valence-corrected chi connectivity index (χ1v) is 14.8. The number of nitrogens with two attached hydrogens (primary N) is 1. The van der Waals surface area contributed by atoms with Gasteiger partial charge in [0.15, 0.2) is 11.5 Å². The Balaban J connectivity index is 1.73. The minimum Gasteiger partial charge on any atom is -0.494 e. The number of hydrogen-bond donors (Lipinski definition) is 3. The summed E-state index contributed by atoms with van der Waals surface area (Å²) in [6, 6.07) is 14.3. The van der Waals surface area contributed by atoms with Crippen molar-refractivity contribution in [3.63, 3.8) is 0 Å². The van der Waals surface area contributed by atoms with Crippen molar-refractivity contribution in [2.75, 3.05) is 58.5 Å². The number of benzene rings is 3. The van der Waals surface area contributed by atoms with E-state index in [9.17, 15) is 14.4 Å². The first kappa shape index (κ1) is 33.2. The van der Waals surface area contributed by atoms with Gasteiger partial charge in [0.05, 0.1) is 38.2 Å². The van der Waals surface area contributed by atoms with Crippen molar-refractivity contribution in [2.24, 2.45) is 10.8 Å². The molecule has 1 aliphatic rings. The number of amides is 3. The van der Waals surface area contributed by atoms with Crippen LogP contribution in [0.15, 0.2) is 53.6 Å². The minimum atomic E-state index is -0.821. The third-order valence-electron chi connectivity index (χ3n) is 7.33. The molecule has 1 aliphatic heterocycles. The van der Waals surface area contributed by atoms with Crippen LogP contribution in [0.1, 0.15) is 49.2 Å². The summed E-state index contributed by atoms with van der Waals surface area (Å²) in [5, 5.41) is 8.45. The predicted molar refractivity (Wildman–Crippen MR) is 172 cm³/mol. The summed E-state index contributed by atoms with van der Waals surface area (Å²) in [4.78, 5) is 40.9. The second-order valence-corrected chi connectivity index (χ2v) is 11.4. The predicted octanol–water partition coefficient (Wildman–Crippen LogP) is 4.04. The lowest BCUT2D eigenvalue weighted by atomic mass is 9.85. The summed E-state index contributed by atoms with van der Waals surface area (Å²) in [5.74, 6) is -0.624. The molecule has 3 aromatic carbocycles. The lowest BCUT2D eigenvalue weighted by Crippen LogP contribution is -2.38. The fraction of sp³-hybridized carbons (Fsp3) is 0.394. The molecular weight excluding hydrogens is 578 g/mol. The molecule has 1 saturated heterocycles. The van der Waals surface area contributed by atoms with Gasteiger partial charge in [0.1, 0.15) is 12.4 Å². The smallest absolute Gasteiger partial charge is 0.427 e. The number of carbonyl (C=O) groups is 3. The van der Waals surface area contributed by atoms with Crippen LogP contribution in [0.4, 0.5) is 10.5 Å². The number of fused-ring (bicyclic) bond motifs is 1. The topological polar surface area (TPSA) is 154 Å². The summed E-state index contributed by atoms with van der Waals surface area (Å²) in [6.45, 7) is 12.0. The van der Waals surface area contributed by atoms with Crippen molar-refractivity contribution in [3.05, 3.63) is 65.2 Å². The molecule has 1 heterocycles. The van der Waals surface area contributed by atoms with E-state index in [1.807, 2.05) is 45.0 Å². The van der Waals surface area contributed by atoms with Gasteiger partial charge in [0, 0.05) is 30.6 Å². The zero-order valence-electron chi connectivity index (χ0n) is 26.4. The molecule has 3 amide bonds. The van der Waals surface area contributed by atoms with Crippen LogP contribution >= 0.6 is 0 Å². The Morgan fingerprint density at radius 2 is 1.73 bits per heavy atom. The van der Waals surface area contributed by atoms with E-state index < -0.39 is 17.9 Å². The maximum atomic E-state index is 14.0. The Morgan fingerprint density at radius 3 is 2.38 bits per heavy atom. The fourth-order valence-electron chi connectivity index (χ4n) is 4.95. The molecule has 12 nitrogen and oxygen atoms in total. The minimum absolute atomic E-state index is 0.107. The van der Waals surface area contributed by atoms with Gasteiger partial charge >= 0.3 is 6.09 Å². The summed E-state index contributed by atoms with van der Waals surface area (Å²) in [5.41, 5.74) is 9.02. The lowest BCUT2D eigenvalue weighted by Gasteiger charge is -2.26. The third-order valence-corrected chi connectivity index (χ3v) is 7.33. The van der Waals surface area contributed by atoms with Crippen LogP contribution in [0, 0.1) is 0 Å². The highest BCUT2D eigenvalue weighted by Gasteiger charge is 2.26. The normalized spacial score (nSPS) is 14.1. The summed E-state index contributed by atoms with van der Waals surface area (Å²) >= 11 is 0.